The molecule has 0 radical (unpaired) electrons. The molecule has 0 saturated carbocycles. The van der Waals surface area contributed by atoms with Gasteiger partial charge in [-0.1, -0.05) is 24.3 Å². The SMILES string of the molecule is Cc1cccc(NC(N)=NCCc2ccc(F)cc2)c1.I. The van der Waals surface area contributed by atoms with Crippen LogP contribution in [0.3, 0.4) is 0 Å². The molecule has 2 aromatic rings. The van der Waals surface area contributed by atoms with E-state index in [-0.39, 0.29) is 29.8 Å². The second-order valence-corrected chi connectivity index (χ2v) is 4.64. The highest BCUT2D eigenvalue weighted by Crippen LogP contribution is 2.09. The van der Waals surface area contributed by atoms with Gasteiger partial charge in [0.25, 0.3) is 0 Å². The largest absolute Gasteiger partial charge is 0.370 e. The summed E-state index contributed by atoms with van der Waals surface area (Å²) in [5, 5.41) is 3.05. The monoisotopic (exact) mass is 399 g/mol. The number of aliphatic imine (C=N–C) groups is 1. The number of anilines is 1. The molecule has 21 heavy (non-hydrogen) atoms. The van der Waals surface area contributed by atoms with Gasteiger partial charge < -0.3 is 11.1 Å². The maximum Gasteiger partial charge on any atom is 0.193 e. The molecule has 3 N–H and O–H groups in total. The van der Waals surface area contributed by atoms with E-state index in [1.165, 1.54) is 12.1 Å². The van der Waals surface area contributed by atoms with Gasteiger partial charge in [-0.2, -0.15) is 0 Å². The zero-order chi connectivity index (χ0) is 14.4. The molecule has 0 spiro atoms. The lowest BCUT2D eigenvalue weighted by Crippen LogP contribution is -2.23. The first-order valence-corrected chi connectivity index (χ1v) is 6.51. The molecule has 0 bridgehead atoms. The van der Waals surface area contributed by atoms with Crippen LogP contribution >= 0.6 is 24.0 Å². The first-order valence-electron chi connectivity index (χ1n) is 6.51. The molecule has 3 nitrogen and oxygen atoms in total. The van der Waals surface area contributed by atoms with Crippen molar-refractivity contribution >= 4 is 35.6 Å². The van der Waals surface area contributed by atoms with Crippen LogP contribution in [-0.2, 0) is 6.42 Å². The Morgan fingerprint density at radius 1 is 1.19 bits per heavy atom. The number of aryl methyl sites for hydroxylation is 1. The van der Waals surface area contributed by atoms with Gasteiger partial charge >= 0.3 is 0 Å². The van der Waals surface area contributed by atoms with Gasteiger partial charge in [-0.25, -0.2) is 4.39 Å². The molecule has 0 aromatic heterocycles. The van der Waals surface area contributed by atoms with Crippen LogP contribution in [0.15, 0.2) is 53.5 Å². The first-order chi connectivity index (χ1) is 9.63. The van der Waals surface area contributed by atoms with E-state index < -0.39 is 0 Å². The highest BCUT2D eigenvalue weighted by Gasteiger charge is 1.96. The van der Waals surface area contributed by atoms with E-state index in [0.29, 0.717) is 12.5 Å². The molecule has 0 amide bonds. The summed E-state index contributed by atoms with van der Waals surface area (Å²) < 4.78 is 12.8. The zero-order valence-corrected chi connectivity index (χ0v) is 14.2. The second-order valence-electron chi connectivity index (χ2n) is 4.64. The molecule has 2 aromatic carbocycles. The Balaban J connectivity index is 0.00000220. The number of benzene rings is 2. The third kappa shape index (κ3) is 6.12. The van der Waals surface area contributed by atoms with Crippen molar-refractivity contribution in [2.75, 3.05) is 11.9 Å². The number of nitrogens with zero attached hydrogens (tertiary/aromatic N) is 1. The Labute approximate surface area is 141 Å². The van der Waals surface area contributed by atoms with E-state index in [1.807, 2.05) is 31.2 Å². The molecule has 0 aliphatic carbocycles. The lowest BCUT2D eigenvalue weighted by Gasteiger charge is -2.06. The summed E-state index contributed by atoms with van der Waals surface area (Å²) in [6.45, 7) is 2.59. The summed E-state index contributed by atoms with van der Waals surface area (Å²) in [7, 11) is 0. The topological polar surface area (TPSA) is 50.4 Å². The number of guanidine groups is 1. The Morgan fingerprint density at radius 3 is 2.57 bits per heavy atom. The average Bonchev–Trinajstić information content (AvgIpc) is 2.41. The molecule has 0 saturated heterocycles. The third-order valence-electron chi connectivity index (χ3n) is 2.89. The van der Waals surface area contributed by atoms with Crippen molar-refractivity contribution in [3.63, 3.8) is 0 Å². The van der Waals surface area contributed by atoms with Gasteiger partial charge in [0.05, 0.1) is 0 Å². The van der Waals surface area contributed by atoms with Crippen molar-refractivity contribution in [1.29, 1.82) is 0 Å². The minimum Gasteiger partial charge on any atom is -0.370 e. The molecule has 5 heteroatoms. The molecule has 0 unspecified atom stereocenters. The number of halogens is 2. The minimum absolute atomic E-state index is 0. The third-order valence-corrected chi connectivity index (χ3v) is 2.89. The summed E-state index contributed by atoms with van der Waals surface area (Å²) in [6, 6.07) is 14.3. The van der Waals surface area contributed by atoms with Gasteiger partial charge in [0.15, 0.2) is 5.96 Å². The fourth-order valence-electron chi connectivity index (χ4n) is 1.87. The summed E-state index contributed by atoms with van der Waals surface area (Å²) in [5.41, 5.74) is 8.95. The molecule has 0 fully saturated rings. The Hall–Kier alpha value is -1.63. The molecule has 0 aliphatic rings. The Morgan fingerprint density at radius 2 is 1.90 bits per heavy atom. The van der Waals surface area contributed by atoms with Crippen LogP contribution in [-0.4, -0.2) is 12.5 Å². The first kappa shape index (κ1) is 17.4. The number of nitrogens with two attached hydrogens (primary N) is 1. The molecular weight excluding hydrogens is 380 g/mol. The van der Waals surface area contributed by atoms with Gasteiger partial charge in [-0.05, 0) is 48.7 Å². The number of hydrogen-bond acceptors (Lipinski definition) is 1. The van der Waals surface area contributed by atoms with Crippen molar-refractivity contribution in [3.8, 4) is 0 Å². The van der Waals surface area contributed by atoms with Crippen molar-refractivity contribution in [1.82, 2.24) is 0 Å². The van der Waals surface area contributed by atoms with Crippen LogP contribution in [0.25, 0.3) is 0 Å². The number of rotatable bonds is 4. The van der Waals surface area contributed by atoms with Gasteiger partial charge in [0.1, 0.15) is 5.82 Å². The predicted molar refractivity (Wildman–Crippen MR) is 96.8 cm³/mol. The average molecular weight is 399 g/mol. The van der Waals surface area contributed by atoms with Gasteiger partial charge in [-0.15, -0.1) is 24.0 Å². The lowest BCUT2D eigenvalue weighted by atomic mass is 10.1. The van der Waals surface area contributed by atoms with Crippen LogP contribution in [0, 0.1) is 12.7 Å². The lowest BCUT2D eigenvalue weighted by molar-refractivity contribution is 0.627. The van der Waals surface area contributed by atoms with Gasteiger partial charge in [-0.3, -0.25) is 4.99 Å². The molecule has 0 heterocycles. The Bertz CT molecular complexity index is 597. The van der Waals surface area contributed by atoms with Crippen molar-refractivity contribution < 1.29 is 4.39 Å². The van der Waals surface area contributed by atoms with E-state index in [4.69, 9.17) is 5.73 Å². The zero-order valence-electron chi connectivity index (χ0n) is 11.8. The second kappa shape index (κ2) is 8.61. The van der Waals surface area contributed by atoms with Gasteiger partial charge in [0, 0.05) is 12.2 Å². The van der Waals surface area contributed by atoms with Crippen LogP contribution in [0.4, 0.5) is 10.1 Å². The minimum atomic E-state index is -0.224. The summed E-state index contributed by atoms with van der Waals surface area (Å²) in [6.07, 6.45) is 0.733. The maximum absolute atomic E-state index is 12.8. The quantitative estimate of drug-likeness (QED) is 0.468. The smallest absolute Gasteiger partial charge is 0.193 e. The summed E-state index contributed by atoms with van der Waals surface area (Å²) in [4.78, 5) is 4.26. The van der Waals surface area contributed by atoms with Crippen molar-refractivity contribution in [3.05, 3.63) is 65.5 Å². The fourth-order valence-corrected chi connectivity index (χ4v) is 1.87. The normalized spacial score (nSPS) is 10.9. The maximum atomic E-state index is 12.8. The summed E-state index contributed by atoms with van der Waals surface area (Å²) >= 11 is 0. The molecular formula is C16H19FIN3. The van der Waals surface area contributed by atoms with E-state index >= 15 is 0 Å². The van der Waals surface area contributed by atoms with E-state index in [0.717, 1.165) is 23.2 Å². The highest BCUT2D eigenvalue weighted by molar-refractivity contribution is 14.0. The molecule has 2 rings (SSSR count). The summed E-state index contributed by atoms with van der Waals surface area (Å²) in [5.74, 6) is 0.163. The predicted octanol–water partition coefficient (Wildman–Crippen LogP) is 3.72. The number of hydrogen-bond donors (Lipinski definition) is 2. The van der Waals surface area contributed by atoms with Crippen LogP contribution in [0.2, 0.25) is 0 Å². The standard InChI is InChI=1S/C16H18FN3.HI/c1-12-3-2-4-15(11-12)20-16(18)19-10-9-13-5-7-14(17)8-6-13;/h2-8,11H,9-10H2,1H3,(H3,18,19,20);1H. The Kier molecular flexibility index (Phi) is 7.14. The highest BCUT2D eigenvalue weighted by atomic mass is 127. The van der Waals surface area contributed by atoms with E-state index in [1.54, 1.807) is 12.1 Å². The fraction of sp³-hybridized carbons (Fsp3) is 0.188. The van der Waals surface area contributed by atoms with Crippen LogP contribution < -0.4 is 11.1 Å². The molecule has 112 valence electrons. The molecule has 0 atom stereocenters. The van der Waals surface area contributed by atoms with Crippen molar-refractivity contribution in [2.45, 2.75) is 13.3 Å². The molecule has 0 aliphatic heterocycles. The van der Waals surface area contributed by atoms with E-state index in [9.17, 15) is 4.39 Å². The van der Waals surface area contributed by atoms with E-state index in [2.05, 4.69) is 10.3 Å². The van der Waals surface area contributed by atoms with Gasteiger partial charge in [0.2, 0.25) is 0 Å². The van der Waals surface area contributed by atoms with Crippen LogP contribution in [0.5, 0.6) is 0 Å². The number of nitrogens with one attached hydrogen (secondary N) is 1. The van der Waals surface area contributed by atoms with Crippen LogP contribution in [0.1, 0.15) is 11.1 Å². The van der Waals surface area contributed by atoms with Crippen molar-refractivity contribution in [2.24, 2.45) is 10.7 Å².